The van der Waals surface area contributed by atoms with Gasteiger partial charge >= 0.3 is 0 Å². The number of anilines is 2. The maximum atomic E-state index is 5.83. The average molecular weight is 249 g/mol. The molecule has 2 N–H and O–H groups in total. The molecule has 0 aromatic heterocycles. The number of nitrogens with two attached hydrogens (primary N) is 1. The van der Waals surface area contributed by atoms with Crippen LogP contribution in [0.25, 0.3) is 0 Å². The van der Waals surface area contributed by atoms with Crippen LogP contribution in [0, 0.1) is 5.92 Å². The number of hydrogen-bond donors (Lipinski definition) is 1. The van der Waals surface area contributed by atoms with Crippen LogP contribution >= 0.6 is 0 Å². The number of rotatable bonds is 4. The Balaban J connectivity index is 2.02. The van der Waals surface area contributed by atoms with E-state index in [2.05, 4.69) is 30.0 Å². The van der Waals surface area contributed by atoms with Gasteiger partial charge in [-0.2, -0.15) is 0 Å². The summed E-state index contributed by atoms with van der Waals surface area (Å²) in [7, 11) is 5.97. The normalized spacial score (nSPS) is 20.1. The highest BCUT2D eigenvalue weighted by Crippen LogP contribution is 2.28. The van der Waals surface area contributed by atoms with Crippen molar-refractivity contribution in [3.05, 3.63) is 18.2 Å². The highest BCUT2D eigenvalue weighted by atomic mass is 16.5. The van der Waals surface area contributed by atoms with E-state index in [9.17, 15) is 0 Å². The van der Waals surface area contributed by atoms with Gasteiger partial charge in [0.15, 0.2) is 0 Å². The fourth-order valence-electron chi connectivity index (χ4n) is 2.61. The predicted octanol–water partition coefficient (Wildman–Crippen LogP) is 1.67. The van der Waals surface area contributed by atoms with Crippen LogP contribution in [0.2, 0.25) is 0 Å². The van der Waals surface area contributed by atoms with Crippen LogP contribution in [-0.4, -0.2) is 45.7 Å². The molecule has 1 fully saturated rings. The van der Waals surface area contributed by atoms with Crippen molar-refractivity contribution in [2.75, 3.05) is 51.5 Å². The molecule has 1 heterocycles. The van der Waals surface area contributed by atoms with Crippen LogP contribution in [0.5, 0.6) is 5.75 Å². The first-order valence-corrected chi connectivity index (χ1v) is 6.43. The molecule has 1 aromatic carbocycles. The quantitative estimate of drug-likeness (QED) is 0.824. The molecule has 0 amide bonds. The van der Waals surface area contributed by atoms with Crippen molar-refractivity contribution >= 4 is 11.4 Å². The Morgan fingerprint density at radius 1 is 1.50 bits per heavy atom. The largest absolute Gasteiger partial charge is 0.495 e. The number of methoxy groups -OCH3 is 1. The molecule has 1 aliphatic heterocycles. The summed E-state index contributed by atoms with van der Waals surface area (Å²) in [6, 6.07) is 5.97. The minimum atomic E-state index is 0.690. The molecule has 1 saturated heterocycles. The smallest absolute Gasteiger partial charge is 0.143 e. The SMILES string of the molecule is COc1cc(N(C)CC2CCN(C)C2)ccc1N. The molecule has 100 valence electrons. The Hall–Kier alpha value is -1.42. The number of nitrogens with zero attached hydrogens (tertiary/aromatic N) is 2. The number of ether oxygens (including phenoxy) is 1. The Kier molecular flexibility index (Phi) is 3.97. The summed E-state index contributed by atoms with van der Waals surface area (Å²) in [6.45, 7) is 3.48. The first kappa shape index (κ1) is 13.0. The maximum Gasteiger partial charge on any atom is 0.143 e. The maximum absolute atomic E-state index is 5.83. The summed E-state index contributed by atoms with van der Waals surface area (Å²) in [6.07, 6.45) is 1.28. The van der Waals surface area contributed by atoms with Gasteiger partial charge in [0.25, 0.3) is 0 Å². The standard InChI is InChI=1S/C14H23N3O/c1-16-7-6-11(9-16)10-17(2)12-4-5-13(15)14(8-12)18-3/h4-5,8,11H,6-7,9-10,15H2,1-3H3. The molecule has 1 aliphatic rings. The van der Waals surface area contributed by atoms with E-state index >= 15 is 0 Å². The lowest BCUT2D eigenvalue weighted by molar-refractivity contribution is 0.395. The van der Waals surface area contributed by atoms with E-state index in [1.165, 1.54) is 19.5 Å². The zero-order valence-electron chi connectivity index (χ0n) is 11.5. The van der Waals surface area contributed by atoms with E-state index < -0.39 is 0 Å². The number of hydrogen-bond acceptors (Lipinski definition) is 4. The van der Waals surface area contributed by atoms with Crippen molar-refractivity contribution in [1.82, 2.24) is 4.90 Å². The Morgan fingerprint density at radius 3 is 2.89 bits per heavy atom. The van der Waals surface area contributed by atoms with Crippen molar-refractivity contribution in [3.8, 4) is 5.75 Å². The number of nitrogen functional groups attached to an aromatic ring is 1. The summed E-state index contributed by atoms with van der Waals surface area (Å²) in [4.78, 5) is 4.67. The van der Waals surface area contributed by atoms with Crippen LogP contribution in [0.3, 0.4) is 0 Å². The summed E-state index contributed by atoms with van der Waals surface area (Å²) >= 11 is 0. The molecule has 0 bridgehead atoms. The summed E-state index contributed by atoms with van der Waals surface area (Å²) in [5.41, 5.74) is 7.68. The highest BCUT2D eigenvalue weighted by Gasteiger charge is 2.21. The molecule has 0 spiro atoms. The summed E-state index contributed by atoms with van der Waals surface area (Å²) < 4.78 is 5.26. The highest BCUT2D eigenvalue weighted by molar-refractivity contribution is 5.62. The van der Waals surface area contributed by atoms with Crippen molar-refractivity contribution in [3.63, 3.8) is 0 Å². The second kappa shape index (κ2) is 5.48. The third kappa shape index (κ3) is 2.88. The lowest BCUT2D eigenvalue weighted by Gasteiger charge is -2.24. The molecule has 1 unspecified atom stereocenters. The van der Waals surface area contributed by atoms with E-state index in [4.69, 9.17) is 10.5 Å². The first-order chi connectivity index (χ1) is 8.60. The van der Waals surface area contributed by atoms with E-state index in [0.717, 1.165) is 23.9 Å². The second-order valence-corrected chi connectivity index (χ2v) is 5.22. The number of benzene rings is 1. The molecule has 1 atom stereocenters. The number of likely N-dealkylation sites (tertiary alicyclic amines) is 1. The molecule has 4 heteroatoms. The molecule has 0 radical (unpaired) electrons. The van der Waals surface area contributed by atoms with Crippen LogP contribution in [-0.2, 0) is 0 Å². The van der Waals surface area contributed by atoms with Gasteiger partial charge < -0.3 is 20.3 Å². The fourth-order valence-corrected chi connectivity index (χ4v) is 2.61. The molecule has 0 saturated carbocycles. The van der Waals surface area contributed by atoms with Gasteiger partial charge in [-0.25, -0.2) is 0 Å². The van der Waals surface area contributed by atoms with Gasteiger partial charge in [-0.3, -0.25) is 0 Å². The van der Waals surface area contributed by atoms with Gasteiger partial charge in [0.1, 0.15) is 5.75 Å². The third-order valence-corrected chi connectivity index (χ3v) is 3.68. The van der Waals surface area contributed by atoms with Gasteiger partial charge in [0.2, 0.25) is 0 Å². The Morgan fingerprint density at radius 2 is 2.28 bits per heavy atom. The van der Waals surface area contributed by atoms with E-state index in [1.807, 2.05) is 12.1 Å². The van der Waals surface area contributed by atoms with Gasteiger partial charge in [0, 0.05) is 31.9 Å². The molecule has 2 rings (SSSR count). The molecule has 0 aliphatic carbocycles. The van der Waals surface area contributed by atoms with Gasteiger partial charge in [-0.15, -0.1) is 0 Å². The molecule has 18 heavy (non-hydrogen) atoms. The first-order valence-electron chi connectivity index (χ1n) is 6.43. The van der Waals surface area contributed by atoms with Crippen LogP contribution in [0.4, 0.5) is 11.4 Å². The summed E-state index contributed by atoms with van der Waals surface area (Å²) in [5.74, 6) is 1.51. The Bertz CT molecular complexity index is 408. The third-order valence-electron chi connectivity index (χ3n) is 3.68. The van der Waals surface area contributed by atoms with E-state index in [1.54, 1.807) is 7.11 Å². The average Bonchev–Trinajstić information content (AvgIpc) is 2.75. The van der Waals surface area contributed by atoms with E-state index in [0.29, 0.717) is 5.69 Å². The second-order valence-electron chi connectivity index (χ2n) is 5.22. The van der Waals surface area contributed by atoms with Crippen LogP contribution in [0.15, 0.2) is 18.2 Å². The topological polar surface area (TPSA) is 41.7 Å². The predicted molar refractivity (Wildman–Crippen MR) is 76.3 cm³/mol. The van der Waals surface area contributed by atoms with Crippen LogP contribution in [0.1, 0.15) is 6.42 Å². The van der Waals surface area contributed by atoms with Crippen molar-refractivity contribution in [1.29, 1.82) is 0 Å². The van der Waals surface area contributed by atoms with Crippen molar-refractivity contribution in [2.45, 2.75) is 6.42 Å². The lowest BCUT2D eigenvalue weighted by Crippen LogP contribution is -2.27. The van der Waals surface area contributed by atoms with Crippen molar-refractivity contribution in [2.24, 2.45) is 5.92 Å². The van der Waals surface area contributed by atoms with Crippen molar-refractivity contribution < 1.29 is 4.74 Å². The minimum absolute atomic E-state index is 0.690. The zero-order chi connectivity index (χ0) is 13.1. The van der Waals surface area contributed by atoms with Crippen LogP contribution < -0.4 is 15.4 Å². The van der Waals surface area contributed by atoms with Gasteiger partial charge in [-0.05, 0) is 38.1 Å². The minimum Gasteiger partial charge on any atom is -0.495 e. The fraction of sp³-hybridized carbons (Fsp3) is 0.571. The Labute approximate surface area is 109 Å². The van der Waals surface area contributed by atoms with Gasteiger partial charge in [0.05, 0.1) is 12.8 Å². The molecule has 1 aromatic rings. The zero-order valence-corrected chi connectivity index (χ0v) is 11.5. The lowest BCUT2D eigenvalue weighted by atomic mass is 10.1. The molecular weight excluding hydrogens is 226 g/mol. The van der Waals surface area contributed by atoms with E-state index in [-0.39, 0.29) is 0 Å². The van der Waals surface area contributed by atoms with Gasteiger partial charge in [-0.1, -0.05) is 0 Å². The molecular formula is C14H23N3O. The monoisotopic (exact) mass is 249 g/mol. The summed E-state index contributed by atoms with van der Waals surface area (Å²) in [5, 5.41) is 0. The molecule has 4 nitrogen and oxygen atoms in total.